The Balaban J connectivity index is 1.58. The fraction of sp³-hybridized carbons (Fsp3) is 0.280. The Bertz CT molecular complexity index is 1020. The number of nitrogens with two attached hydrogens (primary N) is 1. The lowest BCUT2D eigenvalue weighted by Gasteiger charge is -2.27. The maximum absolute atomic E-state index is 12.7. The van der Waals surface area contributed by atoms with Crippen LogP contribution in [0, 0.1) is 5.41 Å². The number of rotatable bonds is 7. The molecule has 1 amide bonds. The molecule has 1 atom stereocenters. The third-order valence-electron chi connectivity index (χ3n) is 6.06. The highest BCUT2D eigenvalue weighted by molar-refractivity contribution is 5.82. The number of primary amides is 1. The molecule has 2 aromatic carbocycles. The van der Waals surface area contributed by atoms with Crippen molar-refractivity contribution in [3.05, 3.63) is 84.2 Å². The van der Waals surface area contributed by atoms with Gasteiger partial charge in [-0.05, 0) is 42.6 Å². The van der Waals surface area contributed by atoms with Crippen LogP contribution < -0.4 is 10.5 Å². The second-order valence-electron chi connectivity index (χ2n) is 7.99. The minimum atomic E-state index is -0.583. The summed E-state index contributed by atoms with van der Waals surface area (Å²) < 4.78 is 5.49. The van der Waals surface area contributed by atoms with Crippen molar-refractivity contribution in [1.29, 1.82) is 0 Å². The van der Waals surface area contributed by atoms with Gasteiger partial charge in [-0.2, -0.15) is 0 Å². The van der Waals surface area contributed by atoms with Gasteiger partial charge in [-0.1, -0.05) is 48.5 Å². The highest BCUT2D eigenvalue weighted by atomic mass is 16.5. The van der Waals surface area contributed by atoms with E-state index in [-0.39, 0.29) is 5.91 Å². The SMILES string of the molecule is COc1ccccc1CN1CCC(Cc2ccccc2-c2cccnc2)(C(N)=O)C1. The number of nitrogens with zero attached hydrogens (tertiary/aromatic N) is 2. The average molecular weight is 402 g/mol. The molecule has 3 aromatic rings. The zero-order valence-electron chi connectivity index (χ0n) is 17.3. The molecule has 0 saturated carbocycles. The summed E-state index contributed by atoms with van der Waals surface area (Å²) in [5.74, 6) is 0.641. The number of para-hydroxylation sites is 1. The summed E-state index contributed by atoms with van der Waals surface area (Å²) in [7, 11) is 1.69. The van der Waals surface area contributed by atoms with E-state index in [1.165, 1.54) is 0 Å². The maximum Gasteiger partial charge on any atom is 0.225 e. The van der Waals surface area contributed by atoms with Crippen LogP contribution >= 0.6 is 0 Å². The van der Waals surface area contributed by atoms with Crippen molar-refractivity contribution in [1.82, 2.24) is 9.88 Å². The average Bonchev–Trinajstić information content (AvgIpc) is 3.19. The monoisotopic (exact) mass is 401 g/mol. The Morgan fingerprint density at radius 2 is 1.87 bits per heavy atom. The molecule has 2 heterocycles. The lowest BCUT2D eigenvalue weighted by atomic mass is 9.78. The van der Waals surface area contributed by atoms with Crippen LogP contribution in [0.4, 0.5) is 0 Å². The molecule has 0 radical (unpaired) electrons. The van der Waals surface area contributed by atoms with E-state index in [0.717, 1.165) is 47.5 Å². The van der Waals surface area contributed by atoms with Gasteiger partial charge in [-0.3, -0.25) is 14.7 Å². The molecular weight excluding hydrogens is 374 g/mol. The minimum Gasteiger partial charge on any atom is -0.496 e. The fourth-order valence-electron chi connectivity index (χ4n) is 4.44. The molecule has 1 fully saturated rings. The Morgan fingerprint density at radius 3 is 2.60 bits per heavy atom. The van der Waals surface area contributed by atoms with E-state index in [1.807, 2.05) is 48.7 Å². The number of carbonyl (C=O) groups excluding carboxylic acids is 1. The number of ether oxygens (including phenoxy) is 1. The van der Waals surface area contributed by atoms with Gasteiger partial charge in [0.25, 0.3) is 0 Å². The molecule has 0 aliphatic carbocycles. The molecule has 1 unspecified atom stereocenters. The van der Waals surface area contributed by atoms with E-state index < -0.39 is 5.41 Å². The predicted octanol–water partition coefficient (Wildman–Crippen LogP) is 3.68. The molecule has 5 nitrogen and oxygen atoms in total. The van der Waals surface area contributed by atoms with Crippen molar-refractivity contribution in [3.8, 4) is 16.9 Å². The molecule has 1 aliphatic heterocycles. The van der Waals surface area contributed by atoms with Gasteiger partial charge in [0.05, 0.1) is 12.5 Å². The highest BCUT2D eigenvalue weighted by Crippen LogP contribution is 2.38. The number of methoxy groups -OCH3 is 1. The van der Waals surface area contributed by atoms with E-state index >= 15 is 0 Å². The summed E-state index contributed by atoms with van der Waals surface area (Å²) in [6.07, 6.45) is 5.00. The lowest BCUT2D eigenvalue weighted by molar-refractivity contribution is -0.127. The number of benzene rings is 2. The van der Waals surface area contributed by atoms with Gasteiger partial charge in [0.1, 0.15) is 5.75 Å². The van der Waals surface area contributed by atoms with E-state index in [9.17, 15) is 4.79 Å². The first-order valence-corrected chi connectivity index (χ1v) is 10.2. The van der Waals surface area contributed by atoms with E-state index in [2.05, 4.69) is 28.1 Å². The fourth-order valence-corrected chi connectivity index (χ4v) is 4.44. The van der Waals surface area contributed by atoms with Crippen molar-refractivity contribution in [2.24, 2.45) is 11.1 Å². The van der Waals surface area contributed by atoms with Crippen LogP contribution in [0.25, 0.3) is 11.1 Å². The van der Waals surface area contributed by atoms with Crippen LogP contribution in [-0.4, -0.2) is 36.0 Å². The molecule has 1 saturated heterocycles. The Hall–Kier alpha value is -3.18. The van der Waals surface area contributed by atoms with Crippen LogP contribution in [0.2, 0.25) is 0 Å². The van der Waals surface area contributed by atoms with Crippen molar-refractivity contribution < 1.29 is 9.53 Å². The number of aromatic nitrogens is 1. The van der Waals surface area contributed by atoms with E-state index in [4.69, 9.17) is 10.5 Å². The van der Waals surface area contributed by atoms with Gasteiger partial charge in [0.2, 0.25) is 5.91 Å². The Morgan fingerprint density at radius 1 is 1.10 bits per heavy atom. The second-order valence-corrected chi connectivity index (χ2v) is 7.99. The second kappa shape index (κ2) is 8.67. The third kappa shape index (κ3) is 4.07. The van der Waals surface area contributed by atoms with Crippen LogP contribution in [-0.2, 0) is 17.8 Å². The van der Waals surface area contributed by atoms with Gasteiger partial charge < -0.3 is 10.5 Å². The normalized spacial score (nSPS) is 19.0. The summed E-state index contributed by atoms with van der Waals surface area (Å²) in [4.78, 5) is 19.2. The first kappa shape index (κ1) is 20.1. The zero-order valence-corrected chi connectivity index (χ0v) is 17.3. The van der Waals surface area contributed by atoms with Crippen LogP contribution in [0.5, 0.6) is 5.75 Å². The first-order chi connectivity index (χ1) is 14.6. The van der Waals surface area contributed by atoms with Crippen LogP contribution in [0.1, 0.15) is 17.5 Å². The van der Waals surface area contributed by atoms with Gasteiger partial charge >= 0.3 is 0 Å². The Kier molecular flexibility index (Phi) is 5.81. The van der Waals surface area contributed by atoms with E-state index in [1.54, 1.807) is 13.3 Å². The molecule has 1 aromatic heterocycles. The van der Waals surface area contributed by atoms with Crippen molar-refractivity contribution in [2.45, 2.75) is 19.4 Å². The van der Waals surface area contributed by atoms with Gasteiger partial charge in [0, 0.05) is 36.6 Å². The summed E-state index contributed by atoms with van der Waals surface area (Å²) >= 11 is 0. The summed E-state index contributed by atoms with van der Waals surface area (Å²) in [6, 6.07) is 20.2. The number of likely N-dealkylation sites (tertiary alicyclic amines) is 1. The molecule has 1 aliphatic rings. The zero-order chi connectivity index (χ0) is 21.0. The summed E-state index contributed by atoms with van der Waals surface area (Å²) in [5, 5.41) is 0. The molecular formula is C25H27N3O2. The third-order valence-corrected chi connectivity index (χ3v) is 6.06. The van der Waals surface area contributed by atoms with Crippen molar-refractivity contribution in [2.75, 3.05) is 20.2 Å². The van der Waals surface area contributed by atoms with Crippen molar-refractivity contribution in [3.63, 3.8) is 0 Å². The summed E-state index contributed by atoms with van der Waals surface area (Å²) in [5.41, 5.74) is 9.80. The number of hydrogen-bond acceptors (Lipinski definition) is 4. The number of pyridine rings is 1. The van der Waals surface area contributed by atoms with Gasteiger partial charge in [-0.25, -0.2) is 0 Å². The first-order valence-electron chi connectivity index (χ1n) is 10.2. The highest BCUT2D eigenvalue weighted by Gasteiger charge is 2.43. The molecule has 0 bridgehead atoms. The molecule has 2 N–H and O–H groups in total. The number of hydrogen-bond donors (Lipinski definition) is 1. The quantitative estimate of drug-likeness (QED) is 0.656. The van der Waals surface area contributed by atoms with Crippen molar-refractivity contribution >= 4 is 5.91 Å². The molecule has 30 heavy (non-hydrogen) atoms. The maximum atomic E-state index is 12.7. The van der Waals surface area contributed by atoms with E-state index in [0.29, 0.717) is 13.0 Å². The summed E-state index contributed by atoms with van der Waals surface area (Å²) in [6.45, 7) is 2.21. The predicted molar refractivity (Wildman–Crippen MR) is 118 cm³/mol. The minimum absolute atomic E-state index is 0.231. The number of amides is 1. The van der Waals surface area contributed by atoms with Crippen LogP contribution in [0.3, 0.4) is 0 Å². The molecule has 0 spiro atoms. The number of carbonyl (C=O) groups is 1. The molecule has 4 rings (SSSR count). The smallest absolute Gasteiger partial charge is 0.225 e. The standard InChI is InChI=1S/C25H27N3O2/c1-30-23-11-5-3-8-21(23)17-28-14-12-25(18-28,24(26)29)15-19-7-2-4-10-22(19)20-9-6-13-27-16-20/h2-11,13,16H,12,14-15,17-18H2,1H3,(H2,26,29). The topological polar surface area (TPSA) is 68.4 Å². The Labute approximate surface area is 177 Å². The van der Waals surface area contributed by atoms with Crippen LogP contribution in [0.15, 0.2) is 73.1 Å². The van der Waals surface area contributed by atoms with Gasteiger partial charge in [-0.15, -0.1) is 0 Å². The molecule has 154 valence electrons. The molecule has 5 heteroatoms. The lowest BCUT2D eigenvalue weighted by Crippen LogP contribution is -2.41. The van der Waals surface area contributed by atoms with Gasteiger partial charge in [0.15, 0.2) is 0 Å². The largest absolute Gasteiger partial charge is 0.496 e.